The highest BCUT2D eigenvalue weighted by Gasteiger charge is 2.47. The molecule has 2 heterocycles. The molecule has 0 aromatic heterocycles. The Morgan fingerprint density at radius 1 is 0.967 bits per heavy atom. The molecule has 30 heavy (non-hydrogen) atoms. The number of rotatable bonds is 5. The highest BCUT2D eigenvalue weighted by molar-refractivity contribution is 7.99. The Balaban J connectivity index is 1.64. The van der Waals surface area contributed by atoms with E-state index >= 15 is 0 Å². The summed E-state index contributed by atoms with van der Waals surface area (Å²) >= 11 is 1.44. The molecule has 2 aliphatic heterocycles. The number of benzene rings is 2. The fourth-order valence-corrected chi connectivity index (χ4v) is 5.60. The monoisotopic (exact) mass is 457 g/mol. The molecule has 2 aromatic rings. The minimum absolute atomic E-state index is 0.504. The molecule has 0 amide bonds. The lowest BCUT2D eigenvalue weighted by molar-refractivity contribution is -0.0436. The Hall–Kier alpha value is -1.75. The van der Waals surface area contributed by atoms with Crippen molar-refractivity contribution in [3.05, 3.63) is 42.5 Å². The zero-order valence-corrected chi connectivity index (χ0v) is 17.8. The van der Waals surface area contributed by atoms with Crippen molar-refractivity contribution in [2.24, 2.45) is 0 Å². The molecule has 2 aromatic carbocycles. The molecule has 0 spiro atoms. The molecule has 5 nitrogen and oxygen atoms in total. The van der Waals surface area contributed by atoms with E-state index in [2.05, 4.69) is 10.2 Å². The Bertz CT molecular complexity index is 1020. The quantitative estimate of drug-likeness (QED) is 0.736. The van der Waals surface area contributed by atoms with Crippen LogP contribution in [0.1, 0.15) is 6.42 Å². The van der Waals surface area contributed by atoms with Crippen molar-refractivity contribution >= 4 is 33.0 Å². The predicted molar refractivity (Wildman–Crippen MR) is 111 cm³/mol. The minimum Gasteiger partial charge on any atom is -0.340 e. The van der Waals surface area contributed by atoms with E-state index in [0.29, 0.717) is 12.2 Å². The van der Waals surface area contributed by atoms with Crippen LogP contribution in [-0.4, -0.2) is 58.1 Å². The van der Waals surface area contributed by atoms with E-state index in [1.54, 1.807) is 0 Å². The van der Waals surface area contributed by atoms with Crippen LogP contribution in [0.5, 0.6) is 0 Å². The van der Waals surface area contributed by atoms with Gasteiger partial charge < -0.3 is 15.1 Å². The Labute approximate surface area is 178 Å². The normalized spacial score (nSPS) is 17.5. The highest BCUT2D eigenvalue weighted by Crippen LogP contribution is 2.49. The molecular weight excluding hydrogens is 435 g/mol. The van der Waals surface area contributed by atoms with E-state index in [1.807, 2.05) is 29.2 Å². The number of nitrogens with one attached hydrogen (secondary N) is 1. The van der Waals surface area contributed by atoms with Crippen molar-refractivity contribution < 1.29 is 21.6 Å². The van der Waals surface area contributed by atoms with E-state index in [-0.39, 0.29) is 0 Å². The van der Waals surface area contributed by atoms with E-state index in [0.717, 1.165) is 66.8 Å². The summed E-state index contributed by atoms with van der Waals surface area (Å²) in [7, 11) is -5.40. The third kappa shape index (κ3) is 4.18. The third-order valence-electron chi connectivity index (χ3n) is 5.28. The predicted octanol–water partition coefficient (Wildman–Crippen LogP) is 3.88. The van der Waals surface area contributed by atoms with E-state index < -0.39 is 20.2 Å². The van der Waals surface area contributed by atoms with Crippen LogP contribution in [0.15, 0.2) is 57.2 Å². The second kappa shape index (κ2) is 8.41. The van der Waals surface area contributed by atoms with Crippen LogP contribution in [0.3, 0.4) is 0 Å². The second-order valence-corrected chi connectivity index (χ2v) is 10.3. The standard InChI is InChI=1S/C20H22F3N3O2S2/c21-20(22,23)30(27,28)15-6-7-19-17(14-15)26(16-4-1-2-5-18(16)29-19)11-3-10-25-12-8-24-9-13-25/h1-2,4-7,14,24H,3,8-13H2. The fourth-order valence-electron chi connectivity index (χ4n) is 3.74. The minimum atomic E-state index is -5.40. The summed E-state index contributed by atoms with van der Waals surface area (Å²) in [6.07, 6.45) is 0.814. The summed E-state index contributed by atoms with van der Waals surface area (Å²) in [6.45, 7) is 5.30. The molecule has 4 rings (SSSR count). The fraction of sp³-hybridized carbons (Fsp3) is 0.400. The molecule has 1 N–H and O–H groups in total. The number of halogens is 3. The maximum Gasteiger partial charge on any atom is 0.501 e. The van der Waals surface area contributed by atoms with Crippen LogP contribution >= 0.6 is 11.8 Å². The largest absolute Gasteiger partial charge is 0.501 e. The number of fused-ring (bicyclic) bond motifs is 2. The molecule has 0 bridgehead atoms. The number of para-hydroxylation sites is 1. The van der Waals surface area contributed by atoms with Gasteiger partial charge >= 0.3 is 5.51 Å². The van der Waals surface area contributed by atoms with Gasteiger partial charge in [0, 0.05) is 42.5 Å². The Morgan fingerprint density at radius 2 is 1.67 bits per heavy atom. The summed E-state index contributed by atoms with van der Waals surface area (Å²) in [4.78, 5) is 5.32. The smallest absolute Gasteiger partial charge is 0.340 e. The lowest BCUT2D eigenvalue weighted by Crippen LogP contribution is -2.44. The van der Waals surface area contributed by atoms with Crippen molar-refractivity contribution in [3.63, 3.8) is 0 Å². The summed E-state index contributed by atoms with van der Waals surface area (Å²) in [5.41, 5.74) is -3.94. The van der Waals surface area contributed by atoms with Crippen LogP contribution in [0, 0.1) is 0 Å². The lowest BCUT2D eigenvalue weighted by atomic mass is 10.2. The van der Waals surface area contributed by atoms with E-state index in [1.165, 1.54) is 17.8 Å². The first kappa shape index (κ1) is 21.5. The molecule has 0 atom stereocenters. The van der Waals surface area contributed by atoms with Crippen molar-refractivity contribution in [1.29, 1.82) is 0 Å². The zero-order chi connectivity index (χ0) is 21.4. The molecule has 0 aliphatic carbocycles. The van der Waals surface area contributed by atoms with Gasteiger partial charge in [0.25, 0.3) is 9.84 Å². The first-order chi connectivity index (χ1) is 14.3. The van der Waals surface area contributed by atoms with Crippen LogP contribution < -0.4 is 10.2 Å². The van der Waals surface area contributed by atoms with E-state index in [4.69, 9.17) is 0 Å². The van der Waals surface area contributed by atoms with E-state index in [9.17, 15) is 21.6 Å². The first-order valence-corrected chi connectivity index (χ1v) is 12.0. The van der Waals surface area contributed by atoms with Gasteiger partial charge in [-0.1, -0.05) is 23.9 Å². The summed E-state index contributed by atoms with van der Waals surface area (Å²) in [5, 5.41) is 3.31. The van der Waals surface area contributed by atoms with Gasteiger partial charge in [-0.25, -0.2) is 8.42 Å². The van der Waals surface area contributed by atoms with Gasteiger partial charge in [0.1, 0.15) is 0 Å². The summed E-state index contributed by atoms with van der Waals surface area (Å²) in [6, 6.07) is 11.3. The van der Waals surface area contributed by atoms with Crippen LogP contribution in [-0.2, 0) is 9.84 Å². The van der Waals surface area contributed by atoms with Gasteiger partial charge in [-0.2, -0.15) is 13.2 Å². The molecular formula is C20H22F3N3O2S2. The SMILES string of the molecule is O=S(=O)(c1ccc2c(c1)N(CCCN1CCNCC1)c1ccccc1S2)C(F)(F)F. The van der Waals surface area contributed by atoms with Crippen molar-refractivity contribution in [1.82, 2.24) is 10.2 Å². The topological polar surface area (TPSA) is 52.7 Å². The van der Waals surface area contributed by atoms with Gasteiger partial charge in [0.15, 0.2) is 0 Å². The third-order valence-corrected chi connectivity index (χ3v) is 7.89. The Kier molecular flexibility index (Phi) is 6.02. The Morgan fingerprint density at radius 3 is 2.40 bits per heavy atom. The average Bonchev–Trinajstić information content (AvgIpc) is 2.73. The molecule has 10 heteroatoms. The summed E-state index contributed by atoms with van der Waals surface area (Å²) < 4.78 is 63.1. The van der Waals surface area contributed by atoms with Gasteiger partial charge in [-0.05, 0) is 43.3 Å². The first-order valence-electron chi connectivity index (χ1n) is 9.70. The van der Waals surface area contributed by atoms with Gasteiger partial charge in [0.2, 0.25) is 0 Å². The van der Waals surface area contributed by atoms with Crippen molar-refractivity contribution in [2.45, 2.75) is 26.6 Å². The molecule has 0 radical (unpaired) electrons. The van der Waals surface area contributed by atoms with Crippen molar-refractivity contribution in [3.8, 4) is 0 Å². The molecule has 2 aliphatic rings. The second-order valence-electron chi connectivity index (χ2n) is 7.25. The number of piperazine rings is 1. The summed E-state index contributed by atoms with van der Waals surface area (Å²) in [5.74, 6) is 0. The van der Waals surface area contributed by atoms with Crippen LogP contribution in [0.4, 0.5) is 24.5 Å². The maximum absolute atomic E-state index is 13.1. The lowest BCUT2D eigenvalue weighted by Gasteiger charge is -2.34. The maximum atomic E-state index is 13.1. The number of nitrogens with zero attached hydrogens (tertiary/aromatic N) is 2. The highest BCUT2D eigenvalue weighted by atomic mass is 32.2. The number of alkyl halides is 3. The number of hydrogen-bond donors (Lipinski definition) is 1. The number of sulfone groups is 1. The van der Waals surface area contributed by atoms with Crippen LogP contribution in [0.2, 0.25) is 0 Å². The number of anilines is 2. The molecule has 1 saturated heterocycles. The molecule has 162 valence electrons. The van der Waals surface area contributed by atoms with Crippen molar-refractivity contribution in [2.75, 3.05) is 44.2 Å². The van der Waals surface area contributed by atoms with Gasteiger partial charge in [-0.15, -0.1) is 0 Å². The zero-order valence-electron chi connectivity index (χ0n) is 16.2. The molecule has 1 fully saturated rings. The van der Waals surface area contributed by atoms with Gasteiger partial charge in [0.05, 0.1) is 16.3 Å². The van der Waals surface area contributed by atoms with Gasteiger partial charge in [-0.3, -0.25) is 0 Å². The average molecular weight is 458 g/mol. The molecule has 0 unspecified atom stereocenters. The van der Waals surface area contributed by atoms with Crippen LogP contribution in [0.25, 0.3) is 0 Å². The number of hydrogen-bond acceptors (Lipinski definition) is 6. The molecule has 0 saturated carbocycles.